The quantitative estimate of drug-likeness (QED) is 0.612. The second-order valence-electron chi connectivity index (χ2n) is 4.05. The maximum atomic E-state index is 11.3. The van der Waals surface area contributed by atoms with Gasteiger partial charge in [-0.25, -0.2) is 4.79 Å². The number of hydrogen-bond acceptors (Lipinski definition) is 4. The zero-order valence-electron chi connectivity index (χ0n) is 10.3. The molecule has 0 spiro atoms. The Morgan fingerprint density at radius 2 is 2.05 bits per heavy atom. The Morgan fingerprint density at radius 1 is 1.33 bits per heavy atom. The number of nitrogens with zero attached hydrogens (tertiary/aromatic N) is 1. The Labute approximate surface area is 132 Å². The highest BCUT2D eigenvalue weighted by Gasteiger charge is 2.20. The monoisotopic (exact) mass is 370 g/mol. The van der Waals surface area contributed by atoms with Crippen molar-refractivity contribution < 1.29 is 14.8 Å². The van der Waals surface area contributed by atoms with E-state index in [1.54, 1.807) is 24.3 Å². The van der Waals surface area contributed by atoms with Crippen LogP contribution in [0.1, 0.15) is 10.4 Å². The van der Waals surface area contributed by atoms with E-state index in [4.69, 9.17) is 11.6 Å². The van der Waals surface area contributed by atoms with Gasteiger partial charge in [-0.3, -0.25) is 10.1 Å². The van der Waals surface area contributed by atoms with Crippen molar-refractivity contribution in [1.82, 2.24) is 0 Å². The van der Waals surface area contributed by atoms with Crippen LogP contribution in [0.3, 0.4) is 0 Å². The van der Waals surface area contributed by atoms with Gasteiger partial charge in [0.2, 0.25) is 0 Å². The minimum absolute atomic E-state index is 0.0402. The van der Waals surface area contributed by atoms with E-state index in [0.29, 0.717) is 5.69 Å². The van der Waals surface area contributed by atoms with Crippen molar-refractivity contribution >= 4 is 50.6 Å². The second kappa shape index (κ2) is 6.11. The third-order valence-electron chi connectivity index (χ3n) is 2.61. The first-order valence-electron chi connectivity index (χ1n) is 5.62. The van der Waals surface area contributed by atoms with Gasteiger partial charge >= 0.3 is 5.97 Å². The van der Waals surface area contributed by atoms with Crippen LogP contribution in [-0.2, 0) is 0 Å². The minimum atomic E-state index is -1.31. The van der Waals surface area contributed by atoms with Gasteiger partial charge in [0.15, 0.2) is 0 Å². The summed E-state index contributed by atoms with van der Waals surface area (Å²) in [5.74, 6) is -1.31. The number of rotatable bonds is 4. The van der Waals surface area contributed by atoms with E-state index >= 15 is 0 Å². The predicted molar refractivity (Wildman–Crippen MR) is 82.5 cm³/mol. The molecule has 2 N–H and O–H groups in total. The third kappa shape index (κ3) is 3.50. The Morgan fingerprint density at radius 3 is 2.62 bits per heavy atom. The summed E-state index contributed by atoms with van der Waals surface area (Å²) in [5.41, 5.74) is 0.0573. The molecule has 0 heterocycles. The average molecular weight is 372 g/mol. The van der Waals surface area contributed by atoms with Crippen LogP contribution in [0.2, 0.25) is 5.02 Å². The van der Waals surface area contributed by atoms with Gasteiger partial charge in [0.05, 0.1) is 21.2 Å². The standard InChI is InChI=1S/C13H8BrClN2O4/c14-7-2-1-3-8(4-7)16-12-10(13(18)19)5-9(17(20)21)6-11(12)15/h1-6,16H,(H,18,19). The highest BCUT2D eigenvalue weighted by atomic mass is 79.9. The molecule has 2 aromatic carbocycles. The summed E-state index contributed by atoms with van der Waals surface area (Å²) in [4.78, 5) is 21.4. The van der Waals surface area contributed by atoms with Gasteiger partial charge in [-0.15, -0.1) is 0 Å². The molecule has 108 valence electrons. The average Bonchev–Trinajstić information content (AvgIpc) is 2.40. The van der Waals surface area contributed by atoms with Crippen molar-refractivity contribution in [2.24, 2.45) is 0 Å². The number of carboxylic acid groups (broad SMARTS) is 1. The Balaban J connectivity index is 2.52. The summed E-state index contributed by atoms with van der Waals surface area (Å²) in [6.45, 7) is 0. The molecule has 21 heavy (non-hydrogen) atoms. The topological polar surface area (TPSA) is 92.5 Å². The van der Waals surface area contributed by atoms with Crippen molar-refractivity contribution in [3.05, 3.63) is 61.6 Å². The second-order valence-corrected chi connectivity index (χ2v) is 5.37. The lowest BCUT2D eigenvalue weighted by molar-refractivity contribution is -0.384. The van der Waals surface area contributed by atoms with E-state index in [1.807, 2.05) is 0 Å². The first kappa shape index (κ1) is 15.3. The van der Waals surface area contributed by atoms with Gasteiger partial charge in [-0.1, -0.05) is 33.6 Å². The maximum Gasteiger partial charge on any atom is 0.338 e. The maximum absolute atomic E-state index is 11.3. The number of nitro benzene ring substituents is 1. The summed E-state index contributed by atoms with van der Waals surface area (Å²) in [5, 5.41) is 22.8. The Hall–Kier alpha value is -2.12. The summed E-state index contributed by atoms with van der Waals surface area (Å²) >= 11 is 9.26. The first-order chi connectivity index (χ1) is 9.88. The Bertz CT molecular complexity index is 736. The number of nitrogens with one attached hydrogen (secondary N) is 1. The van der Waals surface area contributed by atoms with Crippen molar-refractivity contribution in [3.8, 4) is 0 Å². The van der Waals surface area contributed by atoms with E-state index in [2.05, 4.69) is 21.2 Å². The fraction of sp³-hybridized carbons (Fsp3) is 0. The summed E-state index contributed by atoms with van der Waals surface area (Å²) in [6.07, 6.45) is 0. The van der Waals surface area contributed by atoms with Crippen molar-refractivity contribution in [2.45, 2.75) is 0 Å². The number of carboxylic acids is 1. The number of carbonyl (C=O) groups is 1. The summed E-state index contributed by atoms with van der Waals surface area (Å²) in [6, 6.07) is 9.08. The van der Waals surface area contributed by atoms with Crippen molar-refractivity contribution in [3.63, 3.8) is 0 Å². The molecule has 0 saturated carbocycles. The van der Waals surface area contributed by atoms with Crippen molar-refractivity contribution in [2.75, 3.05) is 5.32 Å². The lowest BCUT2D eigenvalue weighted by Crippen LogP contribution is -2.05. The van der Waals surface area contributed by atoms with Crippen LogP contribution in [0.15, 0.2) is 40.9 Å². The molecule has 0 atom stereocenters. The summed E-state index contributed by atoms with van der Waals surface area (Å²) < 4.78 is 0.794. The van der Waals surface area contributed by atoms with Crippen LogP contribution in [0, 0.1) is 10.1 Å². The summed E-state index contributed by atoms with van der Waals surface area (Å²) in [7, 11) is 0. The minimum Gasteiger partial charge on any atom is -0.478 e. The molecule has 6 nitrogen and oxygen atoms in total. The molecule has 0 aliphatic heterocycles. The SMILES string of the molecule is O=C(O)c1cc([N+](=O)[O-])cc(Cl)c1Nc1cccc(Br)c1. The highest BCUT2D eigenvalue weighted by molar-refractivity contribution is 9.10. The van der Waals surface area contributed by atoms with E-state index < -0.39 is 10.9 Å². The molecule has 0 fully saturated rings. The lowest BCUT2D eigenvalue weighted by atomic mass is 10.1. The Kier molecular flexibility index (Phi) is 4.44. The predicted octanol–water partition coefficient (Wildman–Crippen LogP) is 4.45. The van der Waals surface area contributed by atoms with E-state index in [-0.39, 0.29) is 22.0 Å². The first-order valence-corrected chi connectivity index (χ1v) is 6.79. The number of halogens is 2. The number of anilines is 2. The zero-order valence-corrected chi connectivity index (χ0v) is 12.7. The largest absolute Gasteiger partial charge is 0.478 e. The normalized spacial score (nSPS) is 10.2. The van der Waals surface area contributed by atoms with Crippen LogP contribution in [0.4, 0.5) is 17.1 Å². The van der Waals surface area contributed by atoms with Crippen LogP contribution >= 0.6 is 27.5 Å². The number of hydrogen-bond donors (Lipinski definition) is 2. The third-order valence-corrected chi connectivity index (χ3v) is 3.40. The smallest absolute Gasteiger partial charge is 0.338 e. The molecule has 0 unspecified atom stereocenters. The van der Waals surface area contributed by atoms with E-state index in [9.17, 15) is 20.0 Å². The van der Waals surface area contributed by atoms with Gasteiger partial charge in [0.1, 0.15) is 0 Å². The van der Waals surface area contributed by atoms with Crippen LogP contribution in [-0.4, -0.2) is 16.0 Å². The molecule has 0 amide bonds. The molecule has 8 heteroatoms. The number of aromatic carboxylic acids is 1. The van der Waals surface area contributed by atoms with Crippen LogP contribution in [0.25, 0.3) is 0 Å². The van der Waals surface area contributed by atoms with Crippen LogP contribution < -0.4 is 5.32 Å². The molecule has 0 aromatic heterocycles. The molecule has 0 saturated heterocycles. The fourth-order valence-corrected chi connectivity index (χ4v) is 2.36. The molecule has 0 radical (unpaired) electrons. The molecule has 2 rings (SSSR count). The van der Waals surface area contributed by atoms with Gasteiger partial charge < -0.3 is 10.4 Å². The number of nitro groups is 1. The van der Waals surface area contributed by atoms with Crippen molar-refractivity contribution in [1.29, 1.82) is 0 Å². The van der Waals surface area contributed by atoms with E-state index in [0.717, 1.165) is 16.6 Å². The highest BCUT2D eigenvalue weighted by Crippen LogP contribution is 2.34. The molecular formula is C13H8BrClN2O4. The zero-order chi connectivity index (χ0) is 15.6. The number of non-ortho nitro benzene ring substituents is 1. The molecule has 2 aromatic rings. The molecule has 0 bridgehead atoms. The van der Waals surface area contributed by atoms with Gasteiger partial charge in [-0.05, 0) is 18.2 Å². The fourth-order valence-electron chi connectivity index (χ4n) is 1.70. The molecule has 0 aliphatic carbocycles. The van der Waals surface area contributed by atoms with E-state index in [1.165, 1.54) is 0 Å². The van der Waals surface area contributed by atoms with Gasteiger partial charge in [-0.2, -0.15) is 0 Å². The van der Waals surface area contributed by atoms with Gasteiger partial charge in [0, 0.05) is 22.3 Å². The van der Waals surface area contributed by atoms with Crippen LogP contribution in [0.5, 0.6) is 0 Å². The molecular weight excluding hydrogens is 364 g/mol. The lowest BCUT2D eigenvalue weighted by Gasteiger charge is -2.12. The number of benzene rings is 2. The van der Waals surface area contributed by atoms with Gasteiger partial charge in [0.25, 0.3) is 5.69 Å². The molecule has 0 aliphatic rings.